The fourth-order valence-corrected chi connectivity index (χ4v) is 2.82. The lowest BCUT2D eigenvalue weighted by molar-refractivity contribution is -0.122. The molecule has 8 nitrogen and oxygen atoms in total. The third kappa shape index (κ3) is 5.44. The molecule has 2 aromatic rings. The van der Waals surface area contributed by atoms with Gasteiger partial charge in [0, 0.05) is 24.4 Å². The number of alkyl halides is 3. The molecular formula is C19H20F3N5O3. The molecule has 2 heterocycles. The topological polar surface area (TPSA) is 104 Å². The molecule has 1 aromatic heterocycles. The smallest absolute Gasteiger partial charge is 0.433 e. The van der Waals surface area contributed by atoms with Gasteiger partial charge in [0.1, 0.15) is 12.4 Å². The molecule has 1 aliphatic heterocycles. The molecule has 0 atom stereocenters. The molecule has 1 aliphatic carbocycles. The van der Waals surface area contributed by atoms with Gasteiger partial charge in [0.2, 0.25) is 5.82 Å². The van der Waals surface area contributed by atoms with E-state index in [2.05, 4.69) is 20.4 Å². The molecule has 1 saturated carbocycles. The van der Waals surface area contributed by atoms with Crippen LogP contribution in [-0.4, -0.2) is 46.3 Å². The highest BCUT2D eigenvalue weighted by atomic mass is 19.4. The molecule has 0 spiro atoms. The van der Waals surface area contributed by atoms with Crippen LogP contribution < -0.4 is 10.2 Å². The number of nitrogens with zero attached hydrogens (tertiary/aromatic N) is 4. The minimum Gasteiger partial charge on any atom is -0.483 e. The number of hydrogen-bond acceptors (Lipinski definition) is 7. The molecule has 11 heteroatoms. The highest BCUT2D eigenvalue weighted by Crippen LogP contribution is 2.25. The van der Waals surface area contributed by atoms with Crippen molar-refractivity contribution in [1.82, 2.24) is 15.5 Å². The lowest BCUT2D eigenvalue weighted by Crippen LogP contribution is -2.34. The van der Waals surface area contributed by atoms with Gasteiger partial charge in [-0.1, -0.05) is 35.8 Å². The predicted octanol–water partition coefficient (Wildman–Crippen LogP) is 3.37. The Labute approximate surface area is 170 Å². The van der Waals surface area contributed by atoms with Crippen molar-refractivity contribution in [3.63, 3.8) is 0 Å². The normalized spacial score (nSPS) is 16.4. The van der Waals surface area contributed by atoms with Gasteiger partial charge in [0.05, 0.1) is 0 Å². The molecule has 0 radical (unpaired) electrons. The zero-order valence-corrected chi connectivity index (χ0v) is 15.8. The Kier molecular flexibility index (Phi) is 6.83. The number of allylic oxidation sites excluding steroid dienone is 1. The SMILES string of the molecule is FC(F)(F)C1=NCN(c2nc(-c3ccc(CNC4CCC4)cc3)no2)C=C1.O=CO. The Morgan fingerprint density at radius 3 is 2.50 bits per heavy atom. The van der Waals surface area contributed by atoms with Crippen LogP contribution in [0, 0.1) is 0 Å². The van der Waals surface area contributed by atoms with Gasteiger partial charge >= 0.3 is 12.2 Å². The zero-order chi connectivity index (χ0) is 21.6. The van der Waals surface area contributed by atoms with Gasteiger partial charge in [0.15, 0.2) is 0 Å². The molecule has 0 unspecified atom stereocenters. The van der Waals surface area contributed by atoms with Gasteiger partial charge in [-0.3, -0.25) is 14.7 Å². The van der Waals surface area contributed by atoms with Crippen LogP contribution in [0.25, 0.3) is 11.4 Å². The van der Waals surface area contributed by atoms with Crippen molar-refractivity contribution in [2.75, 3.05) is 11.6 Å². The Bertz CT molecular complexity index is 905. The van der Waals surface area contributed by atoms with E-state index in [1.165, 1.54) is 35.9 Å². The van der Waals surface area contributed by atoms with E-state index < -0.39 is 11.9 Å². The second kappa shape index (κ2) is 9.53. The molecule has 160 valence electrons. The molecule has 0 bridgehead atoms. The van der Waals surface area contributed by atoms with Crippen LogP contribution in [0.15, 0.2) is 46.1 Å². The van der Waals surface area contributed by atoms with E-state index in [0.29, 0.717) is 11.9 Å². The highest BCUT2D eigenvalue weighted by Gasteiger charge is 2.35. The number of nitrogens with one attached hydrogen (secondary N) is 1. The van der Waals surface area contributed by atoms with Crippen molar-refractivity contribution in [2.24, 2.45) is 4.99 Å². The van der Waals surface area contributed by atoms with E-state index in [1.807, 2.05) is 24.3 Å². The van der Waals surface area contributed by atoms with Crippen molar-refractivity contribution in [3.8, 4) is 11.4 Å². The maximum absolute atomic E-state index is 12.6. The van der Waals surface area contributed by atoms with Crippen molar-refractivity contribution in [3.05, 3.63) is 42.1 Å². The number of benzene rings is 1. The number of carboxylic acid groups (broad SMARTS) is 1. The van der Waals surface area contributed by atoms with Crippen LogP contribution in [0.3, 0.4) is 0 Å². The summed E-state index contributed by atoms with van der Waals surface area (Å²) in [6, 6.07) is 8.52. The zero-order valence-electron chi connectivity index (χ0n) is 15.8. The Balaban J connectivity index is 0.000000806. The number of rotatable bonds is 5. The lowest BCUT2D eigenvalue weighted by Gasteiger charge is -2.26. The number of aromatic nitrogens is 2. The fourth-order valence-electron chi connectivity index (χ4n) is 2.82. The first-order valence-electron chi connectivity index (χ1n) is 9.21. The Morgan fingerprint density at radius 2 is 1.97 bits per heavy atom. The quantitative estimate of drug-likeness (QED) is 0.711. The van der Waals surface area contributed by atoms with Crippen LogP contribution in [0.5, 0.6) is 0 Å². The molecule has 4 rings (SSSR count). The van der Waals surface area contributed by atoms with E-state index in [-0.39, 0.29) is 19.2 Å². The summed E-state index contributed by atoms with van der Waals surface area (Å²) >= 11 is 0. The standard InChI is InChI=1S/C18H18F3N5O.CH2O2/c19-18(20,21)15-8-9-26(11-23-15)17-24-16(25-27-17)13-6-4-12(5-7-13)10-22-14-2-1-3-14;2-1-3/h4-9,14,22H,1-3,10-11H2;1H,(H,2,3). The van der Waals surface area contributed by atoms with Gasteiger partial charge in [-0.15, -0.1) is 0 Å². The van der Waals surface area contributed by atoms with Crippen LogP contribution in [0.1, 0.15) is 24.8 Å². The summed E-state index contributed by atoms with van der Waals surface area (Å²) in [6.07, 6.45) is 1.44. The summed E-state index contributed by atoms with van der Waals surface area (Å²) in [5.74, 6) is 0.377. The first kappa shape index (κ1) is 21.5. The predicted molar refractivity (Wildman–Crippen MR) is 103 cm³/mol. The number of carbonyl (C=O) groups is 1. The summed E-state index contributed by atoms with van der Waals surface area (Å²) < 4.78 is 42.9. The number of halogens is 3. The number of anilines is 1. The molecular weight excluding hydrogens is 403 g/mol. The van der Waals surface area contributed by atoms with Crippen molar-refractivity contribution in [2.45, 2.75) is 38.0 Å². The third-order valence-electron chi connectivity index (χ3n) is 4.67. The summed E-state index contributed by atoms with van der Waals surface area (Å²) in [6.45, 7) is 0.347. The molecule has 30 heavy (non-hydrogen) atoms. The van der Waals surface area contributed by atoms with Gasteiger partial charge in [0.25, 0.3) is 6.47 Å². The van der Waals surface area contributed by atoms with Gasteiger partial charge in [-0.25, -0.2) is 0 Å². The molecule has 0 amide bonds. The third-order valence-corrected chi connectivity index (χ3v) is 4.67. The van der Waals surface area contributed by atoms with Gasteiger partial charge < -0.3 is 14.9 Å². The monoisotopic (exact) mass is 423 g/mol. The first-order valence-corrected chi connectivity index (χ1v) is 9.21. The maximum atomic E-state index is 12.6. The van der Waals surface area contributed by atoms with Crippen molar-refractivity contribution in [1.29, 1.82) is 0 Å². The molecule has 1 aromatic carbocycles. The Morgan fingerprint density at radius 1 is 1.27 bits per heavy atom. The molecule has 2 N–H and O–H groups in total. The van der Waals surface area contributed by atoms with Crippen LogP contribution in [0.2, 0.25) is 0 Å². The number of aliphatic imine (C=N–C) groups is 1. The van der Waals surface area contributed by atoms with E-state index >= 15 is 0 Å². The average molecular weight is 423 g/mol. The minimum absolute atomic E-state index is 0.0990. The number of hydrogen-bond donors (Lipinski definition) is 2. The summed E-state index contributed by atoms with van der Waals surface area (Å²) in [7, 11) is 0. The van der Waals surface area contributed by atoms with Crippen molar-refractivity contribution >= 4 is 18.2 Å². The average Bonchev–Trinajstić information content (AvgIpc) is 3.18. The van der Waals surface area contributed by atoms with E-state index in [4.69, 9.17) is 14.4 Å². The van der Waals surface area contributed by atoms with Gasteiger partial charge in [-0.05, 0) is 24.5 Å². The molecule has 2 aliphatic rings. The van der Waals surface area contributed by atoms with Crippen LogP contribution >= 0.6 is 0 Å². The summed E-state index contributed by atoms with van der Waals surface area (Å²) in [5, 5.41) is 14.3. The summed E-state index contributed by atoms with van der Waals surface area (Å²) in [4.78, 5) is 17.5. The molecule has 1 fully saturated rings. The van der Waals surface area contributed by atoms with E-state index in [1.54, 1.807) is 0 Å². The van der Waals surface area contributed by atoms with E-state index in [0.717, 1.165) is 18.2 Å². The van der Waals surface area contributed by atoms with Gasteiger partial charge in [-0.2, -0.15) is 18.2 Å². The maximum Gasteiger partial charge on any atom is 0.433 e. The van der Waals surface area contributed by atoms with Crippen LogP contribution in [-0.2, 0) is 11.3 Å². The Hall–Kier alpha value is -3.21. The summed E-state index contributed by atoms with van der Waals surface area (Å²) in [5.41, 5.74) is 1.02. The largest absolute Gasteiger partial charge is 0.483 e. The van der Waals surface area contributed by atoms with E-state index in [9.17, 15) is 13.2 Å². The van der Waals surface area contributed by atoms with Crippen LogP contribution in [0.4, 0.5) is 19.2 Å². The highest BCUT2D eigenvalue weighted by molar-refractivity contribution is 6.00. The molecule has 0 saturated heterocycles. The second-order valence-electron chi connectivity index (χ2n) is 6.68. The minimum atomic E-state index is -4.46. The second-order valence-corrected chi connectivity index (χ2v) is 6.68. The first-order chi connectivity index (χ1) is 14.4. The lowest BCUT2D eigenvalue weighted by atomic mass is 9.93. The fraction of sp³-hybridized carbons (Fsp3) is 0.368. The van der Waals surface area contributed by atoms with Crippen molar-refractivity contribution < 1.29 is 27.6 Å².